The highest BCUT2D eigenvalue weighted by molar-refractivity contribution is 6.68. The van der Waals surface area contributed by atoms with Crippen LogP contribution in [0.15, 0.2) is 42.5 Å². The van der Waals surface area contributed by atoms with Crippen LogP contribution in [0.5, 0.6) is 0 Å². The van der Waals surface area contributed by atoms with Gasteiger partial charge >= 0.3 is 5.92 Å². The summed E-state index contributed by atoms with van der Waals surface area (Å²) in [6.07, 6.45) is 0. The molecule has 1 saturated heterocycles. The van der Waals surface area contributed by atoms with E-state index in [1.807, 2.05) is 15.7 Å². The van der Waals surface area contributed by atoms with Crippen molar-refractivity contribution in [2.24, 2.45) is 0 Å². The molecule has 2 aliphatic heterocycles. The topological polar surface area (TPSA) is 86.8 Å². The van der Waals surface area contributed by atoms with E-state index in [1.54, 1.807) is 41.7 Å². The largest absolute Gasteiger partial charge is 0.349 e. The second-order valence-corrected chi connectivity index (χ2v) is 11.6. The molecule has 2 aromatic carbocycles. The van der Waals surface area contributed by atoms with E-state index in [0.29, 0.717) is 16.7 Å². The highest BCUT2D eigenvalue weighted by atomic mass is 35.5. The number of carbonyl (C=O) groups is 4. The normalized spacial score (nSPS) is 22.3. The maximum atomic E-state index is 14.6. The van der Waals surface area contributed by atoms with Gasteiger partial charge in [0.2, 0.25) is 19.8 Å². The third kappa shape index (κ3) is 3.92. The SMILES string of the molecule is BN1C(=O)C(B)(B)C(B)(B)[C@@](B)(N2Cc3cc(CNC(=O)C(F)(F)c4ccc(Cl)cc4)ccc3C2=O)C1=O. The molecule has 0 unspecified atom stereocenters. The van der Waals surface area contributed by atoms with E-state index in [9.17, 15) is 28.0 Å². The minimum absolute atomic E-state index is 0.0979. The lowest BCUT2D eigenvalue weighted by molar-refractivity contribution is -0.149. The highest BCUT2D eigenvalue weighted by Crippen LogP contribution is 2.56. The van der Waals surface area contributed by atoms with Gasteiger partial charge in [0.15, 0.2) is 0 Å². The first-order valence-corrected chi connectivity index (χ1v) is 12.5. The highest BCUT2D eigenvalue weighted by Gasteiger charge is 2.65. The standard InChI is InChI=1S/C22H24B6ClF2N3O4/c23-20(24)17(37)34(28)18(38)21(25,22(20,26)27)33-9-11-7-10(1-6-14(11)15(33)35)8-32-16(36)19(30,31)12-2-4-13(29)5-3-12/h1-7H,8-9,23-28H2,(H,32,36)/t21-/m0/s1. The van der Waals surface area contributed by atoms with Crippen LogP contribution in [0.25, 0.3) is 0 Å². The Morgan fingerprint density at radius 1 is 1.00 bits per heavy atom. The van der Waals surface area contributed by atoms with Crippen molar-refractivity contribution < 1.29 is 28.0 Å². The molecule has 1 N–H and O–H groups in total. The number of alkyl halides is 2. The zero-order chi connectivity index (χ0) is 28.4. The molecule has 0 bridgehead atoms. The van der Waals surface area contributed by atoms with Crippen molar-refractivity contribution >= 4 is 82.4 Å². The molecular formula is C22H24B6ClF2N3O4. The average Bonchev–Trinajstić information content (AvgIpc) is 3.20. The first kappa shape index (κ1) is 28.1. The maximum absolute atomic E-state index is 14.6. The number of halogens is 3. The van der Waals surface area contributed by atoms with Gasteiger partial charge in [0.25, 0.3) is 11.8 Å². The minimum atomic E-state index is -3.76. The number of nitrogens with zero attached hydrogens (tertiary/aromatic N) is 2. The molecule has 190 valence electrons. The molecule has 1 fully saturated rings. The number of piperidine rings is 1. The maximum Gasteiger partial charge on any atom is 0.349 e. The van der Waals surface area contributed by atoms with E-state index < -0.39 is 39.2 Å². The third-order valence-electron chi connectivity index (χ3n) is 8.80. The summed E-state index contributed by atoms with van der Waals surface area (Å²) >= 11 is 5.75. The van der Waals surface area contributed by atoms with Gasteiger partial charge in [-0.3, -0.25) is 19.2 Å². The van der Waals surface area contributed by atoms with Crippen LogP contribution in [0.2, 0.25) is 15.5 Å². The van der Waals surface area contributed by atoms with E-state index in [-0.39, 0.29) is 29.9 Å². The molecule has 1 atom stereocenters. The van der Waals surface area contributed by atoms with Crippen molar-refractivity contribution in [1.82, 2.24) is 15.0 Å². The summed E-state index contributed by atoms with van der Waals surface area (Å²) < 4.78 is 29.2. The summed E-state index contributed by atoms with van der Waals surface area (Å²) in [5.41, 5.74) is -0.300. The molecule has 2 heterocycles. The Kier molecular flexibility index (Phi) is 6.70. The molecule has 0 spiro atoms. The Labute approximate surface area is 229 Å². The zero-order valence-electron chi connectivity index (χ0n) is 22.1. The van der Waals surface area contributed by atoms with Gasteiger partial charge in [-0.1, -0.05) is 41.1 Å². The Bertz CT molecular complexity index is 1380. The van der Waals surface area contributed by atoms with Crippen LogP contribution in [0.3, 0.4) is 0 Å². The Morgan fingerprint density at radius 2 is 1.61 bits per heavy atom. The van der Waals surface area contributed by atoms with E-state index in [1.165, 1.54) is 25.0 Å². The van der Waals surface area contributed by atoms with Gasteiger partial charge in [-0.25, -0.2) is 0 Å². The Morgan fingerprint density at radius 3 is 2.21 bits per heavy atom. The van der Waals surface area contributed by atoms with Crippen LogP contribution in [-0.2, 0) is 33.4 Å². The summed E-state index contributed by atoms with van der Waals surface area (Å²) in [7, 11) is 10.3. The lowest BCUT2D eigenvalue weighted by Gasteiger charge is -2.61. The number of amides is 4. The molecule has 2 aliphatic rings. The van der Waals surface area contributed by atoms with Crippen LogP contribution >= 0.6 is 11.6 Å². The van der Waals surface area contributed by atoms with Crippen molar-refractivity contribution in [3.05, 3.63) is 69.7 Å². The first-order valence-electron chi connectivity index (χ1n) is 12.2. The zero-order valence-corrected chi connectivity index (χ0v) is 22.9. The molecule has 2 aromatic rings. The summed E-state index contributed by atoms with van der Waals surface area (Å²) in [4.78, 5) is 54.8. The van der Waals surface area contributed by atoms with Gasteiger partial charge in [0, 0.05) is 29.2 Å². The van der Waals surface area contributed by atoms with Crippen LogP contribution in [-0.4, -0.2) is 86.0 Å². The fraction of sp³-hybridized carbons (Fsp3) is 0.273. The monoisotopic (exact) mass is 533 g/mol. The number of benzene rings is 2. The third-order valence-corrected chi connectivity index (χ3v) is 9.05. The molecule has 0 radical (unpaired) electrons. The molecule has 4 amide bonds. The van der Waals surface area contributed by atoms with E-state index in [4.69, 9.17) is 11.6 Å². The second-order valence-electron chi connectivity index (χ2n) is 11.1. The fourth-order valence-electron chi connectivity index (χ4n) is 5.36. The summed E-state index contributed by atoms with van der Waals surface area (Å²) in [5.74, 6) is -6.36. The smallest absolute Gasteiger partial charge is 0.346 e. The van der Waals surface area contributed by atoms with Crippen LogP contribution in [0.1, 0.15) is 27.0 Å². The Balaban J connectivity index is 1.56. The predicted octanol–water partition coefficient (Wildman–Crippen LogP) is -3.28. The quantitative estimate of drug-likeness (QED) is 0.323. The van der Waals surface area contributed by atoms with Gasteiger partial charge < -0.3 is 15.0 Å². The van der Waals surface area contributed by atoms with Crippen LogP contribution in [0, 0.1) is 0 Å². The van der Waals surface area contributed by atoms with Crippen molar-refractivity contribution in [2.45, 2.75) is 34.9 Å². The number of hydrogen-bond donors (Lipinski definition) is 1. The van der Waals surface area contributed by atoms with Gasteiger partial charge in [0.05, 0.1) is 5.44 Å². The molecule has 38 heavy (non-hydrogen) atoms. The number of imide groups is 1. The number of carbonyl (C=O) groups excluding carboxylic acids is 4. The lowest BCUT2D eigenvalue weighted by atomic mass is 9.21. The molecule has 16 heteroatoms. The lowest BCUT2D eigenvalue weighted by Crippen LogP contribution is -2.75. The summed E-state index contributed by atoms with van der Waals surface area (Å²) in [6.45, 7) is -0.0872. The first-order chi connectivity index (χ1) is 17.5. The van der Waals surface area contributed by atoms with Gasteiger partial charge in [-0.15, -0.1) is 0 Å². The molecule has 7 nitrogen and oxygen atoms in total. The second kappa shape index (κ2) is 9.07. The minimum Gasteiger partial charge on any atom is -0.346 e. The number of fused-ring (bicyclic) bond motifs is 1. The van der Waals surface area contributed by atoms with Crippen molar-refractivity contribution in [1.29, 1.82) is 0 Å². The number of nitrogens with one attached hydrogen (secondary N) is 1. The van der Waals surface area contributed by atoms with Gasteiger partial charge in [-0.05, 0) is 34.5 Å². The predicted molar refractivity (Wildman–Crippen MR) is 155 cm³/mol. The van der Waals surface area contributed by atoms with Gasteiger partial charge in [-0.2, -0.15) is 8.78 Å². The Hall–Kier alpha value is -2.94. The van der Waals surface area contributed by atoms with Crippen LogP contribution < -0.4 is 5.32 Å². The molecule has 0 aromatic heterocycles. The number of rotatable bonds is 5. The number of hydrogen-bond acceptors (Lipinski definition) is 4. The molecule has 0 aliphatic carbocycles. The van der Waals surface area contributed by atoms with Crippen molar-refractivity contribution in [2.75, 3.05) is 0 Å². The van der Waals surface area contributed by atoms with Gasteiger partial charge in [0.1, 0.15) is 39.2 Å². The molecule has 0 saturated carbocycles. The summed E-state index contributed by atoms with van der Waals surface area (Å²) in [6, 6.07) is 9.58. The van der Waals surface area contributed by atoms with E-state index in [2.05, 4.69) is 5.32 Å². The van der Waals surface area contributed by atoms with E-state index in [0.717, 1.165) is 16.9 Å². The average molecular weight is 533 g/mol. The van der Waals surface area contributed by atoms with Crippen molar-refractivity contribution in [3.8, 4) is 0 Å². The van der Waals surface area contributed by atoms with Crippen LogP contribution in [0.4, 0.5) is 8.78 Å². The van der Waals surface area contributed by atoms with E-state index >= 15 is 0 Å². The molecule has 4 rings (SSSR count). The molecular weight excluding hydrogens is 509 g/mol. The van der Waals surface area contributed by atoms with Crippen molar-refractivity contribution in [3.63, 3.8) is 0 Å². The fourth-order valence-corrected chi connectivity index (χ4v) is 5.49. The summed E-state index contributed by atoms with van der Waals surface area (Å²) in [5, 5.41) is 0.684.